The summed E-state index contributed by atoms with van der Waals surface area (Å²) in [4.78, 5) is 8.64. The summed E-state index contributed by atoms with van der Waals surface area (Å²) in [7, 11) is 0. The smallest absolute Gasteiger partial charge is 0.0429 e. The van der Waals surface area contributed by atoms with Crippen LogP contribution in [0.15, 0.2) is 157 Å². The van der Waals surface area contributed by atoms with E-state index in [1.54, 1.807) is 0 Å². The van der Waals surface area contributed by atoms with Gasteiger partial charge in [-0.3, -0.25) is 9.98 Å². The Morgan fingerprint density at radius 1 is 0.409 bits per heavy atom. The van der Waals surface area contributed by atoms with Crippen LogP contribution < -0.4 is 0 Å². The molecule has 0 spiro atoms. The lowest BCUT2D eigenvalue weighted by atomic mass is 9.84. The van der Waals surface area contributed by atoms with Crippen LogP contribution in [0.5, 0.6) is 0 Å². The minimum absolute atomic E-state index is 0.843. The second kappa shape index (κ2) is 11.2. The molecular formula is C42H30N2. The standard InChI is InChI=1S/C42H30N2/c1-2-8-29(9-3-1)34-16-17-39-40(28-34)42(36-13-7-11-33(27-36)31-20-24-44-25-21-31)38-15-5-4-14-37(38)41(39)35-12-6-10-32(26-35)30-18-22-43-23-19-30/h1-20,22-24,26-28H,21,25H2. The number of benzene rings is 6. The Balaban J connectivity index is 1.44. The number of rotatable bonds is 5. The molecule has 0 radical (unpaired) electrons. The van der Waals surface area contributed by atoms with Gasteiger partial charge in [-0.1, -0.05) is 103 Å². The number of dihydropyridines is 1. The largest absolute Gasteiger partial charge is 0.293 e. The summed E-state index contributed by atoms with van der Waals surface area (Å²) in [6.07, 6.45) is 8.78. The summed E-state index contributed by atoms with van der Waals surface area (Å²) in [6, 6.07) is 48.7. The van der Waals surface area contributed by atoms with Gasteiger partial charge in [0.1, 0.15) is 0 Å². The molecule has 0 amide bonds. The van der Waals surface area contributed by atoms with Crippen molar-refractivity contribution in [2.45, 2.75) is 6.42 Å². The molecule has 6 aromatic carbocycles. The normalized spacial score (nSPS) is 12.9. The molecule has 2 nitrogen and oxygen atoms in total. The zero-order chi connectivity index (χ0) is 29.3. The van der Waals surface area contributed by atoms with E-state index in [-0.39, 0.29) is 0 Å². The maximum atomic E-state index is 4.41. The fourth-order valence-electron chi connectivity index (χ4n) is 6.61. The number of pyridine rings is 1. The average molecular weight is 563 g/mol. The fourth-order valence-corrected chi connectivity index (χ4v) is 6.61. The topological polar surface area (TPSA) is 25.2 Å². The van der Waals surface area contributed by atoms with Crippen LogP contribution >= 0.6 is 0 Å². The third-order valence-electron chi connectivity index (χ3n) is 8.71. The molecule has 0 saturated carbocycles. The number of allylic oxidation sites excluding steroid dienone is 1. The Morgan fingerprint density at radius 3 is 1.70 bits per heavy atom. The van der Waals surface area contributed by atoms with Crippen molar-refractivity contribution in [2.75, 3.05) is 6.54 Å². The van der Waals surface area contributed by atoms with Crippen LogP contribution in [0.4, 0.5) is 0 Å². The molecule has 8 rings (SSSR count). The van der Waals surface area contributed by atoms with Crippen LogP contribution in [0.3, 0.4) is 0 Å². The van der Waals surface area contributed by atoms with Gasteiger partial charge in [0.05, 0.1) is 0 Å². The number of nitrogens with zero attached hydrogens (tertiary/aromatic N) is 2. The molecule has 208 valence electrons. The van der Waals surface area contributed by atoms with Crippen molar-refractivity contribution in [1.82, 2.24) is 4.98 Å². The molecule has 0 fully saturated rings. The predicted molar refractivity (Wildman–Crippen MR) is 187 cm³/mol. The first-order valence-electron chi connectivity index (χ1n) is 15.2. The Bertz CT molecular complexity index is 2210. The summed E-state index contributed by atoms with van der Waals surface area (Å²) in [5.41, 5.74) is 12.4. The van der Waals surface area contributed by atoms with Crippen molar-refractivity contribution < 1.29 is 0 Å². The SMILES string of the molecule is C1=NCCC(c2cccc(-c3c4ccccc4c(-c4cccc(-c5ccncc5)c4)c4ccc(-c5ccccc5)cc34)c2)=C1. The number of hydrogen-bond donors (Lipinski definition) is 0. The van der Waals surface area contributed by atoms with Gasteiger partial charge in [0.25, 0.3) is 0 Å². The van der Waals surface area contributed by atoms with E-state index < -0.39 is 0 Å². The zero-order valence-electron chi connectivity index (χ0n) is 24.3. The third-order valence-corrected chi connectivity index (χ3v) is 8.71. The van der Waals surface area contributed by atoms with E-state index in [2.05, 4.69) is 150 Å². The predicted octanol–water partition coefficient (Wildman–Crippen LogP) is 10.9. The average Bonchev–Trinajstić information content (AvgIpc) is 3.11. The summed E-state index contributed by atoms with van der Waals surface area (Å²) in [6.45, 7) is 0.843. The van der Waals surface area contributed by atoms with Gasteiger partial charge in [-0.2, -0.15) is 0 Å². The Hall–Kier alpha value is -5.60. The van der Waals surface area contributed by atoms with E-state index in [4.69, 9.17) is 0 Å². The van der Waals surface area contributed by atoms with E-state index >= 15 is 0 Å². The molecule has 1 aromatic heterocycles. The van der Waals surface area contributed by atoms with Crippen LogP contribution in [-0.4, -0.2) is 17.7 Å². The quantitative estimate of drug-likeness (QED) is 0.192. The van der Waals surface area contributed by atoms with E-state index in [0.29, 0.717) is 0 Å². The van der Waals surface area contributed by atoms with E-state index in [1.165, 1.54) is 71.6 Å². The van der Waals surface area contributed by atoms with Gasteiger partial charge in [-0.05, 0) is 120 Å². The van der Waals surface area contributed by atoms with E-state index in [0.717, 1.165) is 18.5 Å². The van der Waals surface area contributed by atoms with Gasteiger partial charge in [0, 0.05) is 25.2 Å². The molecule has 44 heavy (non-hydrogen) atoms. The first-order chi connectivity index (χ1) is 21.8. The van der Waals surface area contributed by atoms with Gasteiger partial charge in [-0.25, -0.2) is 0 Å². The molecule has 0 N–H and O–H groups in total. The summed E-state index contributed by atoms with van der Waals surface area (Å²) in [5, 5.41) is 5.01. The molecule has 2 heteroatoms. The second-order valence-corrected chi connectivity index (χ2v) is 11.3. The highest BCUT2D eigenvalue weighted by molar-refractivity contribution is 6.22. The van der Waals surface area contributed by atoms with Gasteiger partial charge >= 0.3 is 0 Å². The Morgan fingerprint density at radius 2 is 0.977 bits per heavy atom. The van der Waals surface area contributed by atoms with Crippen LogP contribution in [0, 0.1) is 0 Å². The summed E-state index contributed by atoms with van der Waals surface area (Å²) >= 11 is 0. The van der Waals surface area contributed by atoms with Crippen molar-refractivity contribution in [2.24, 2.45) is 4.99 Å². The molecule has 0 bridgehead atoms. The maximum absolute atomic E-state index is 4.41. The lowest BCUT2D eigenvalue weighted by Gasteiger charge is -2.20. The highest BCUT2D eigenvalue weighted by Gasteiger charge is 2.18. The van der Waals surface area contributed by atoms with Gasteiger partial charge in [-0.15, -0.1) is 0 Å². The first-order valence-corrected chi connectivity index (χ1v) is 15.2. The van der Waals surface area contributed by atoms with Crippen LogP contribution in [-0.2, 0) is 0 Å². The fraction of sp³-hybridized carbons (Fsp3) is 0.0476. The monoisotopic (exact) mass is 562 g/mol. The second-order valence-electron chi connectivity index (χ2n) is 11.3. The van der Waals surface area contributed by atoms with Crippen molar-refractivity contribution >= 4 is 33.3 Å². The third kappa shape index (κ3) is 4.71. The van der Waals surface area contributed by atoms with Gasteiger partial charge < -0.3 is 0 Å². The highest BCUT2D eigenvalue weighted by Crippen LogP contribution is 2.45. The van der Waals surface area contributed by atoms with Crippen LogP contribution in [0.1, 0.15) is 12.0 Å². The summed E-state index contributed by atoms with van der Waals surface area (Å²) < 4.78 is 0. The van der Waals surface area contributed by atoms with Crippen molar-refractivity contribution in [3.05, 3.63) is 157 Å². The van der Waals surface area contributed by atoms with Gasteiger partial charge in [0.15, 0.2) is 0 Å². The molecular weight excluding hydrogens is 532 g/mol. The highest BCUT2D eigenvalue weighted by atomic mass is 14.7. The number of hydrogen-bond acceptors (Lipinski definition) is 2. The number of aliphatic imine (C=N–C) groups is 1. The Labute approximate surface area is 257 Å². The van der Waals surface area contributed by atoms with Crippen LogP contribution in [0.2, 0.25) is 0 Å². The molecule has 1 aliphatic heterocycles. The zero-order valence-corrected chi connectivity index (χ0v) is 24.3. The number of fused-ring (bicyclic) bond motifs is 2. The molecule has 0 unspecified atom stereocenters. The first kappa shape index (κ1) is 26.1. The molecule has 7 aromatic rings. The molecule has 1 aliphatic rings. The van der Waals surface area contributed by atoms with Gasteiger partial charge in [0.2, 0.25) is 0 Å². The van der Waals surface area contributed by atoms with E-state index in [9.17, 15) is 0 Å². The molecule has 0 atom stereocenters. The number of aromatic nitrogens is 1. The van der Waals surface area contributed by atoms with Crippen molar-refractivity contribution in [1.29, 1.82) is 0 Å². The minimum atomic E-state index is 0.843. The van der Waals surface area contributed by atoms with E-state index in [1.807, 2.05) is 18.6 Å². The molecule has 0 aliphatic carbocycles. The lowest BCUT2D eigenvalue weighted by Crippen LogP contribution is -1.96. The van der Waals surface area contributed by atoms with Crippen LogP contribution in [0.25, 0.3) is 71.6 Å². The molecule has 2 heterocycles. The summed E-state index contributed by atoms with van der Waals surface area (Å²) in [5.74, 6) is 0. The lowest BCUT2D eigenvalue weighted by molar-refractivity contribution is 1.02. The minimum Gasteiger partial charge on any atom is -0.293 e. The maximum Gasteiger partial charge on any atom is 0.0429 e. The van der Waals surface area contributed by atoms with Crippen molar-refractivity contribution in [3.8, 4) is 44.5 Å². The molecule has 0 saturated heterocycles. The van der Waals surface area contributed by atoms with Crippen molar-refractivity contribution in [3.63, 3.8) is 0 Å². The Kier molecular flexibility index (Phi) is 6.66.